The van der Waals surface area contributed by atoms with Gasteiger partial charge in [-0.05, 0) is 61.0 Å². The topological polar surface area (TPSA) is 87.1 Å². The quantitative estimate of drug-likeness (QED) is 0.333. The number of aromatic nitrogens is 1. The molecular weight excluding hydrogens is 384 g/mol. The average molecular weight is 404 g/mol. The number of esters is 2. The van der Waals surface area contributed by atoms with Crippen LogP contribution in [-0.2, 0) is 4.74 Å². The summed E-state index contributed by atoms with van der Waals surface area (Å²) in [4.78, 5) is 32.4. The van der Waals surface area contributed by atoms with Crippen LogP contribution in [0.2, 0.25) is 0 Å². The molecule has 7 nitrogen and oxygen atoms in total. The maximum Gasteiger partial charge on any atom is 0.343 e. The number of pyridine rings is 1. The molecule has 0 aliphatic rings. The average Bonchev–Trinajstić information content (AvgIpc) is 2.79. The fourth-order valence-electron chi connectivity index (χ4n) is 2.57. The molecule has 0 saturated heterocycles. The lowest BCUT2D eigenvalue weighted by Gasteiger charge is -2.10. The maximum absolute atomic E-state index is 12.2. The summed E-state index contributed by atoms with van der Waals surface area (Å²) in [5.41, 5.74) is 2.16. The Balaban J connectivity index is 1.76. The third kappa shape index (κ3) is 5.29. The van der Waals surface area contributed by atoms with Gasteiger partial charge >= 0.3 is 11.9 Å². The van der Waals surface area contributed by atoms with Gasteiger partial charge in [0.15, 0.2) is 11.5 Å². The van der Waals surface area contributed by atoms with Crippen molar-refractivity contribution in [2.75, 3.05) is 13.7 Å². The lowest BCUT2D eigenvalue weighted by Crippen LogP contribution is -2.09. The Morgan fingerprint density at radius 3 is 2.50 bits per heavy atom. The lowest BCUT2D eigenvalue weighted by atomic mass is 10.2. The van der Waals surface area contributed by atoms with Crippen molar-refractivity contribution in [2.45, 2.75) is 6.92 Å². The number of hydrogen-bond donors (Lipinski definition) is 0. The van der Waals surface area contributed by atoms with Crippen LogP contribution >= 0.6 is 0 Å². The molecule has 3 rings (SSSR count). The highest BCUT2D eigenvalue weighted by atomic mass is 16.6. The van der Waals surface area contributed by atoms with Crippen molar-refractivity contribution in [2.24, 2.45) is 4.99 Å². The summed E-state index contributed by atoms with van der Waals surface area (Å²) in [5, 5.41) is 0. The predicted octanol–water partition coefficient (Wildman–Crippen LogP) is 4.24. The molecule has 0 radical (unpaired) electrons. The number of rotatable bonds is 7. The summed E-state index contributed by atoms with van der Waals surface area (Å²) < 4.78 is 15.8. The molecule has 7 heteroatoms. The Bertz CT molecular complexity index is 1060. The van der Waals surface area contributed by atoms with Gasteiger partial charge in [-0.3, -0.25) is 9.98 Å². The van der Waals surface area contributed by atoms with Crippen LogP contribution in [0, 0.1) is 0 Å². The van der Waals surface area contributed by atoms with Crippen molar-refractivity contribution in [3.8, 4) is 11.5 Å². The molecule has 0 spiro atoms. The highest BCUT2D eigenvalue weighted by Gasteiger charge is 2.12. The summed E-state index contributed by atoms with van der Waals surface area (Å²) in [6.45, 7) is 2.06. The van der Waals surface area contributed by atoms with Gasteiger partial charge in [-0.25, -0.2) is 9.59 Å². The van der Waals surface area contributed by atoms with Gasteiger partial charge in [-0.2, -0.15) is 0 Å². The molecule has 0 amide bonds. The minimum absolute atomic E-state index is 0.292. The van der Waals surface area contributed by atoms with E-state index in [-0.39, 0.29) is 0 Å². The van der Waals surface area contributed by atoms with E-state index >= 15 is 0 Å². The molecule has 0 unspecified atom stereocenters. The fraction of sp³-hybridized carbons (Fsp3) is 0.130. The Morgan fingerprint density at radius 1 is 0.967 bits per heavy atom. The largest absolute Gasteiger partial charge is 0.493 e. The van der Waals surface area contributed by atoms with Crippen LogP contribution in [0.4, 0.5) is 5.69 Å². The number of nitrogens with zero attached hydrogens (tertiary/aromatic N) is 2. The van der Waals surface area contributed by atoms with Gasteiger partial charge in [-0.1, -0.05) is 6.07 Å². The summed E-state index contributed by atoms with van der Waals surface area (Å²) in [6, 6.07) is 15.1. The second-order valence-corrected chi connectivity index (χ2v) is 6.06. The molecule has 1 heterocycles. The van der Waals surface area contributed by atoms with E-state index in [4.69, 9.17) is 14.2 Å². The van der Waals surface area contributed by atoms with Gasteiger partial charge < -0.3 is 14.2 Å². The zero-order valence-electron chi connectivity index (χ0n) is 16.6. The van der Waals surface area contributed by atoms with Crippen LogP contribution in [0.15, 0.2) is 72.0 Å². The Labute approximate surface area is 174 Å². The zero-order valence-corrected chi connectivity index (χ0v) is 16.6. The summed E-state index contributed by atoms with van der Waals surface area (Å²) >= 11 is 0. The molecule has 0 atom stereocenters. The van der Waals surface area contributed by atoms with Gasteiger partial charge in [-0.15, -0.1) is 0 Å². The van der Waals surface area contributed by atoms with Crippen molar-refractivity contribution in [3.63, 3.8) is 0 Å². The molecule has 3 aromatic rings. The molecule has 0 aliphatic carbocycles. The van der Waals surface area contributed by atoms with Crippen LogP contribution in [0.5, 0.6) is 11.5 Å². The Kier molecular flexibility index (Phi) is 6.89. The predicted molar refractivity (Wildman–Crippen MR) is 112 cm³/mol. The molecular formula is C23H20N2O5. The summed E-state index contributed by atoms with van der Waals surface area (Å²) in [7, 11) is 1.49. The summed E-state index contributed by atoms with van der Waals surface area (Å²) in [6.07, 6.45) is 4.66. The second kappa shape index (κ2) is 9.97. The standard InChI is InChI=1S/C23H20N2O5/c1-3-29-22(26)18-5-4-6-19(14-18)25-15-16-7-8-20(21(13-16)28-2)30-23(27)17-9-11-24-12-10-17/h4-15H,3H2,1-2H3. The number of hydrogen-bond acceptors (Lipinski definition) is 7. The normalized spacial score (nSPS) is 10.6. The molecule has 0 aliphatic heterocycles. The van der Waals surface area contributed by atoms with Gasteiger partial charge in [0.2, 0.25) is 0 Å². The van der Waals surface area contributed by atoms with Crippen molar-refractivity contribution in [1.82, 2.24) is 4.98 Å². The molecule has 152 valence electrons. The molecule has 0 N–H and O–H groups in total. The minimum atomic E-state index is -0.507. The number of ether oxygens (including phenoxy) is 3. The van der Waals surface area contributed by atoms with Gasteiger partial charge in [0.25, 0.3) is 0 Å². The maximum atomic E-state index is 12.2. The van der Waals surface area contributed by atoms with E-state index in [1.165, 1.54) is 19.5 Å². The third-order valence-electron chi connectivity index (χ3n) is 4.03. The van der Waals surface area contributed by atoms with Crippen molar-refractivity contribution < 1.29 is 23.8 Å². The summed E-state index contributed by atoms with van der Waals surface area (Å²) in [5.74, 6) is -0.216. The van der Waals surface area contributed by atoms with Gasteiger partial charge in [0.05, 0.1) is 30.5 Å². The van der Waals surface area contributed by atoms with Gasteiger partial charge in [0, 0.05) is 18.6 Å². The Hall–Kier alpha value is -4.00. The minimum Gasteiger partial charge on any atom is -0.493 e. The first kappa shape index (κ1) is 20.7. The van der Waals surface area contributed by atoms with E-state index in [9.17, 15) is 9.59 Å². The molecule has 0 saturated carbocycles. The van der Waals surface area contributed by atoms with E-state index in [1.54, 1.807) is 67.7 Å². The Morgan fingerprint density at radius 2 is 1.77 bits per heavy atom. The van der Waals surface area contributed by atoms with E-state index in [0.717, 1.165) is 5.56 Å². The van der Waals surface area contributed by atoms with Crippen molar-refractivity contribution in [1.29, 1.82) is 0 Å². The number of carbonyl (C=O) groups is 2. The molecule has 2 aromatic carbocycles. The molecule has 30 heavy (non-hydrogen) atoms. The molecule has 0 fully saturated rings. The second-order valence-electron chi connectivity index (χ2n) is 6.06. The van der Waals surface area contributed by atoms with Crippen LogP contribution in [0.3, 0.4) is 0 Å². The van der Waals surface area contributed by atoms with Crippen LogP contribution < -0.4 is 9.47 Å². The van der Waals surface area contributed by atoms with E-state index < -0.39 is 11.9 Å². The van der Waals surface area contributed by atoms with E-state index in [0.29, 0.717) is 34.9 Å². The monoisotopic (exact) mass is 404 g/mol. The first-order valence-electron chi connectivity index (χ1n) is 9.22. The van der Waals surface area contributed by atoms with E-state index in [2.05, 4.69) is 9.98 Å². The van der Waals surface area contributed by atoms with Crippen LogP contribution in [-0.4, -0.2) is 36.9 Å². The van der Waals surface area contributed by atoms with Crippen molar-refractivity contribution >= 4 is 23.8 Å². The van der Waals surface area contributed by atoms with Crippen molar-refractivity contribution in [3.05, 3.63) is 83.7 Å². The molecule has 1 aromatic heterocycles. The zero-order chi connectivity index (χ0) is 21.3. The number of benzene rings is 2. The highest BCUT2D eigenvalue weighted by molar-refractivity contribution is 5.92. The first-order valence-corrected chi connectivity index (χ1v) is 9.22. The molecule has 0 bridgehead atoms. The van der Waals surface area contributed by atoms with Crippen LogP contribution in [0.25, 0.3) is 0 Å². The first-order chi connectivity index (χ1) is 14.6. The fourth-order valence-corrected chi connectivity index (χ4v) is 2.57. The van der Waals surface area contributed by atoms with E-state index in [1.807, 2.05) is 0 Å². The van der Waals surface area contributed by atoms with Crippen LogP contribution in [0.1, 0.15) is 33.2 Å². The third-order valence-corrected chi connectivity index (χ3v) is 4.03. The number of methoxy groups -OCH3 is 1. The highest BCUT2D eigenvalue weighted by Crippen LogP contribution is 2.28. The smallest absolute Gasteiger partial charge is 0.343 e. The lowest BCUT2D eigenvalue weighted by molar-refractivity contribution is 0.0526. The SMILES string of the molecule is CCOC(=O)c1cccc(N=Cc2ccc(OC(=O)c3ccncc3)c(OC)c2)c1. The number of aliphatic imine (C=N–C) groups is 1. The number of carbonyl (C=O) groups excluding carboxylic acids is 2. The van der Waals surface area contributed by atoms with Gasteiger partial charge in [0.1, 0.15) is 0 Å².